The quantitative estimate of drug-likeness (QED) is 0.245. The van der Waals surface area contributed by atoms with Gasteiger partial charge in [-0.1, -0.05) is 30.8 Å². The predicted molar refractivity (Wildman–Crippen MR) is 86.7 cm³/mol. The van der Waals surface area contributed by atoms with Crippen LogP contribution in [-0.4, -0.2) is 34.0 Å². The molecule has 1 atom stereocenters. The van der Waals surface area contributed by atoms with E-state index in [1.807, 2.05) is 11.8 Å². The second-order valence-corrected chi connectivity index (χ2v) is 8.25. The van der Waals surface area contributed by atoms with E-state index in [1.54, 1.807) is 0 Å². The molecule has 1 unspecified atom stereocenters. The minimum atomic E-state index is -0.815. The Balaban J connectivity index is 2.07. The summed E-state index contributed by atoms with van der Waals surface area (Å²) in [5.74, 6) is 1.18. The number of hydrogen-bond acceptors (Lipinski definition) is 4. The van der Waals surface area contributed by atoms with E-state index in [0.29, 0.717) is 19.4 Å². The lowest BCUT2D eigenvalue weighted by atomic mass is 9.78. The largest absolute Gasteiger partial charge is 0.409 e. The van der Waals surface area contributed by atoms with Crippen molar-refractivity contribution in [3.63, 3.8) is 0 Å². The van der Waals surface area contributed by atoms with E-state index in [1.165, 1.54) is 6.42 Å². The number of nitrogens with one attached hydrogen (secondary N) is 1. The van der Waals surface area contributed by atoms with E-state index < -0.39 is 5.41 Å². The summed E-state index contributed by atoms with van der Waals surface area (Å²) in [6, 6.07) is 0. The highest BCUT2D eigenvalue weighted by Crippen LogP contribution is 2.39. The molecule has 1 aliphatic carbocycles. The predicted octanol–water partition coefficient (Wildman–Crippen LogP) is 2.48. The van der Waals surface area contributed by atoms with E-state index in [-0.39, 0.29) is 16.5 Å². The van der Waals surface area contributed by atoms with Crippen LogP contribution in [0.15, 0.2) is 5.16 Å². The van der Waals surface area contributed by atoms with Gasteiger partial charge >= 0.3 is 0 Å². The fourth-order valence-corrected chi connectivity index (χ4v) is 4.68. The third-order valence-electron chi connectivity index (χ3n) is 4.91. The number of nitrogens with two attached hydrogens (primary N) is 1. The third-order valence-corrected chi connectivity index (χ3v) is 6.45. The molecule has 1 amide bonds. The van der Waals surface area contributed by atoms with Crippen LogP contribution in [0.2, 0.25) is 0 Å². The Morgan fingerprint density at radius 1 is 1.24 bits per heavy atom. The molecule has 0 aromatic heterocycles. The fraction of sp³-hybridized carbons (Fsp3) is 0.867. The first kappa shape index (κ1) is 16.5. The number of carbonyl (C=O) groups excluding carboxylic acids is 1. The number of amides is 1. The summed E-state index contributed by atoms with van der Waals surface area (Å²) in [6.07, 6.45) is 7.84. The number of hydrogen-bond donors (Lipinski definition) is 3. The first-order chi connectivity index (χ1) is 10.0. The first-order valence-corrected chi connectivity index (χ1v) is 8.91. The van der Waals surface area contributed by atoms with E-state index >= 15 is 0 Å². The van der Waals surface area contributed by atoms with Crippen LogP contribution < -0.4 is 11.1 Å². The van der Waals surface area contributed by atoms with Gasteiger partial charge < -0.3 is 16.3 Å². The van der Waals surface area contributed by atoms with Crippen molar-refractivity contribution in [2.75, 3.05) is 12.3 Å². The minimum absolute atomic E-state index is 0.0616. The van der Waals surface area contributed by atoms with E-state index in [4.69, 9.17) is 10.9 Å². The van der Waals surface area contributed by atoms with Gasteiger partial charge in [0.1, 0.15) is 5.41 Å². The zero-order chi connectivity index (χ0) is 15.3. The minimum Gasteiger partial charge on any atom is -0.409 e. The molecule has 1 aliphatic heterocycles. The van der Waals surface area contributed by atoms with Crippen molar-refractivity contribution in [2.24, 2.45) is 16.3 Å². The normalized spacial score (nSPS) is 29.9. The molecule has 2 fully saturated rings. The number of carbonyl (C=O) groups is 1. The summed E-state index contributed by atoms with van der Waals surface area (Å²) in [4.78, 5) is 12.8. The lowest BCUT2D eigenvalue weighted by Crippen LogP contribution is -2.51. The van der Waals surface area contributed by atoms with Crippen LogP contribution in [0.5, 0.6) is 0 Å². The highest BCUT2D eigenvalue weighted by molar-refractivity contribution is 8.00. The Bertz CT molecular complexity index is 398. The number of thioether (sulfide) groups is 1. The van der Waals surface area contributed by atoms with Gasteiger partial charge in [0.05, 0.1) is 0 Å². The van der Waals surface area contributed by atoms with Gasteiger partial charge in [0, 0.05) is 11.3 Å². The van der Waals surface area contributed by atoms with Crippen LogP contribution in [0.3, 0.4) is 0 Å². The summed E-state index contributed by atoms with van der Waals surface area (Å²) >= 11 is 1.92. The second-order valence-electron chi connectivity index (χ2n) is 6.57. The van der Waals surface area contributed by atoms with Crippen molar-refractivity contribution in [1.82, 2.24) is 5.32 Å². The highest BCUT2D eigenvalue weighted by atomic mass is 32.2. The number of nitrogens with zero attached hydrogens (tertiary/aromatic N) is 1. The molecule has 0 radical (unpaired) electrons. The number of rotatable bonds is 4. The van der Waals surface area contributed by atoms with Crippen LogP contribution in [0.4, 0.5) is 0 Å². The lowest BCUT2D eigenvalue weighted by molar-refractivity contribution is -0.128. The number of amidine groups is 1. The Kier molecular flexibility index (Phi) is 5.41. The average molecular weight is 313 g/mol. The SMILES string of the molecule is CC1(CNC(=O)C2(C(N)=NO)CCCCCC2)CCCS1. The van der Waals surface area contributed by atoms with Crippen molar-refractivity contribution in [3.05, 3.63) is 0 Å². The molecule has 1 saturated carbocycles. The Hall–Kier alpha value is -0.910. The Morgan fingerprint density at radius 3 is 2.43 bits per heavy atom. The van der Waals surface area contributed by atoms with Crippen LogP contribution in [0.1, 0.15) is 58.3 Å². The van der Waals surface area contributed by atoms with E-state index in [0.717, 1.165) is 37.9 Å². The van der Waals surface area contributed by atoms with E-state index in [9.17, 15) is 4.79 Å². The molecule has 21 heavy (non-hydrogen) atoms. The summed E-state index contributed by atoms with van der Waals surface area (Å²) in [7, 11) is 0. The molecule has 5 nitrogen and oxygen atoms in total. The molecule has 1 saturated heterocycles. The maximum atomic E-state index is 12.8. The second kappa shape index (κ2) is 6.90. The molecular weight excluding hydrogens is 286 g/mol. The van der Waals surface area contributed by atoms with Crippen molar-refractivity contribution < 1.29 is 10.0 Å². The lowest BCUT2D eigenvalue weighted by Gasteiger charge is -2.32. The fourth-order valence-electron chi connectivity index (χ4n) is 3.44. The van der Waals surface area contributed by atoms with Gasteiger partial charge in [-0.15, -0.1) is 0 Å². The van der Waals surface area contributed by atoms with E-state index in [2.05, 4.69) is 17.4 Å². The molecule has 4 N–H and O–H groups in total. The first-order valence-electron chi connectivity index (χ1n) is 7.93. The van der Waals surface area contributed by atoms with Crippen molar-refractivity contribution in [3.8, 4) is 0 Å². The van der Waals surface area contributed by atoms with Gasteiger partial charge in [0.2, 0.25) is 5.91 Å². The summed E-state index contributed by atoms with van der Waals surface area (Å²) in [5, 5.41) is 15.4. The summed E-state index contributed by atoms with van der Waals surface area (Å²) < 4.78 is 0.132. The third kappa shape index (κ3) is 3.65. The molecule has 0 aromatic rings. The molecule has 120 valence electrons. The molecule has 2 aliphatic rings. The van der Waals surface area contributed by atoms with Gasteiger partial charge in [0.15, 0.2) is 5.84 Å². The zero-order valence-electron chi connectivity index (χ0n) is 12.9. The van der Waals surface area contributed by atoms with Crippen molar-refractivity contribution >= 4 is 23.5 Å². The van der Waals surface area contributed by atoms with Gasteiger partial charge in [-0.25, -0.2) is 0 Å². The number of oxime groups is 1. The van der Waals surface area contributed by atoms with Crippen molar-refractivity contribution in [2.45, 2.75) is 63.0 Å². The highest BCUT2D eigenvalue weighted by Gasteiger charge is 2.43. The monoisotopic (exact) mass is 313 g/mol. The van der Waals surface area contributed by atoms with Gasteiger partial charge in [-0.05, 0) is 38.4 Å². The topological polar surface area (TPSA) is 87.7 Å². The van der Waals surface area contributed by atoms with Crippen LogP contribution >= 0.6 is 11.8 Å². The van der Waals surface area contributed by atoms with Crippen LogP contribution in [0, 0.1) is 5.41 Å². The maximum absolute atomic E-state index is 12.8. The standard InChI is InChI=1S/C15H27N3O2S/c1-14(7-6-10-21-14)11-17-13(19)15(12(16)18-20)8-4-2-3-5-9-15/h20H,2-11H2,1H3,(H2,16,18)(H,17,19). The zero-order valence-corrected chi connectivity index (χ0v) is 13.7. The Labute approximate surface area is 131 Å². The van der Waals surface area contributed by atoms with Crippen molar-refractivity contribution in [1.29, 1.82) is 0 Å². The smallest absolute Gasteiger partial charge is 0.234 e. The molecule has 6 heteroatoms. The van der Waals surface area contributed by atoms with Crippen LogP contribution in [0.25, 0.3) is 0 Å². The van der Waals surface area contributed by atoms with Gasteiger partial charge in [-0.2, -0.15) is 11.8 Å². The molecule has 1 heterocycles. The average Bonchev–Trinajstić information content (AvgIpc) is 2.77. The van der Waals surface area contributed by atoms with Crippen LogP contribution in [-0.2, 0) is 4.79 Å². The summed E-state index contributed by atoms with van der Waals surface area (Å²) in [6.45, 7) is 2.87. The molecule has 0 spiro atoms. The molecule has 2 rings (SSSR count). The van der Waals surface area contributed by atoms with Gasteiger partial charge in [-0.3, -0.25) is 4.79 Å². The molecular formula is C15H27N3O2S. The van der Waals surface area contributed by atoms with Gasteiger partial charge in [0.25, 0.3) is 0 Å². The maximum Gasteiger partial charge on any atom is 0.234 e. The summed E-state index contributed by atoms with van der Waals surface area (Å²) in [5.41, 5.74) is 5.09. The molecule has 0 bridgehead atoms. The Morgan fingerprint density at radius 2 is 1.90 bits per heavy atom. The molecule has 0 aromatic carbocycles.